The Kier molecular flexibility index (Phi) is 8.46. The van der Waals surface area contributed by atoms with Crippen molar-refractivity contribution in [2.45, 2.75) is 19.5 Å². The summed E-state index contributed by atoms with van der Waals surface area (Å²) in [4.78, 5) is 47.2. The molecule has 0 saturated carbocycles. The number of primary amides is 1. The molecule has 0 saturated heterocycles. The number of nitrogens with zero attached hydrogens (tertiary/aromatic N) is 3. The number of ether oxygens (including phenoxy) is 1. The largest absolute Gasteiger partial charge is 0.484 e. The van der Waals surface area contributed by atoms with Crippen LogP contribution in [-0.4, -0.2) is 40.2 Å². The third-order valence-electron chi connectivity index (χ3n) is 5.66. The number of ketones is 1. The standard InChI is InChI=1S/C27H25FN6O4S/c1-16(26(30)37)34(20-8-6-19(28)7-9-20)27-33-25(29)24(39-27)23(36)18-4-10-21(11-5-18)38-15-22(35)32-14-17-3-2-12-31-13-17/h2-13,16H,14-15,29H2,1H3,(H2,30,37)(H,32,35)/t16-/m1/s1. The van der Waals surface area contributed by atoms with E-state index in [1.54, 1.807) is 49.6 Å². The number of nitrogens with two attached hydrogens (primary N) is 2. The number of carbonyl (C=O) groups is 3. The highest BCUT2D eigenvalue weighted by Crippen LogP contribution is 2.36. The third-order valence-corrected chi connectivity index (χ3v) is 6.73. The van der Waals surface area contributed by atoms with Gasteiger partial charge < -0.3 is 26.4 Å². The molecule has 1 atom stereocenters. The number of benzene rings is 2. The molecule has 4 aromatic rings. The van der Waals surface area contributed by atoms with E-state index in [1.807, 2.05) is 6.07 Å². The minimum atomic E-state index is -0.845. The number of aromatic nitrogens is 2. The Morgan fingerprint density at radius 3 is 2.46 bits per heavy atom. The molecule has 0 fully saturated rings. The summed E-state index contributed by atoms with van der Waals surface area (Å²) in [6, 6.07) is 14.5. The van der Waals surface area contributed by atoms with E-state index in [0.29, 0.717) is 23.5 Å². The van der Waals surface area contributed by atoms with Crippen LogP contribution in [0.3, 0.4) is 0 Å². The summed E-state index contributed by atoms with van der Waals surface area (Å²) in [6.07, 6.45) is 3.31. The monoisotopic (exact) mass is 548 g/mol. The van der Waals surface area contributed by atoms with Gasteiger partial charge in [0, 0.05) is 30.2 Å². The van der Waals surface area contributed by atoms with Crippen LogP contribution >= 0.6 is 11.3 Å². The highest BCUT2D eigenvalue weighted by atomic mass is 32.1. The molecule has 2 aromatic carbocycles. The summed E-state index contributed by atoms with van der Waals surface area (Å²) in [7, 11) is 0. The number of hydrogen-bond acceptors (Lipinski definition) is 9. The topological polar surface area (TPSA) is 154 Å². The molecule has 10 nitrogen and oxygen atoms in total. The number of thiazole rings is 1. The molecule has 0 aliphatic rings. The Balaban J connectivity index is 1.44. The van der Waals surface area contributed by atoms with Gasteiger partial charge in [0.05, 0.1) is 0 Å². The Hall–Kier alpha value is -4.84. The molecule has 0 aliphatic carbocycles. The first-order valence-corrected chi connectivity index (χ1v) is 12.6. The summed E-state index contributed by atoms with van der Waals surface area (Å²) in [5.41, 5.74) is 13.2. The van der Waals surface area contributed by atoms with E-state index in [2.05, 4.69) is 15.3 Å². The number of amides is 2. The summed E-state index contributed by atoms with van der Waals surface area (Å²) in [5, 5.41) is 2.99. The van der Waals surface area contributed by atoms with Crippen LogP contribution < -0.4 is 26.4 Å². The molecular formula is C27H25FN6O4S. The summed E-state index contributed by atoms with van der Waals surface area (Å²) in [5.74, 6) is -1.39. The number of rotatable bonds is 11. The van der Waals surface area contributed by atoms with Gasteiger partial charge in [0.25, 0.3) is 5.91 Å². The first-order valence-electron chi connectivity index (χ1n) is 11.8. The van der Waals surface area contributed by atoms with Gasteiger partial charge in [-0.05, 0) is 67.1 Å². The summed E-state index contributed by atoms with van der Waals surface area (Å²) in [6.45, 7) is 1.71. The number of carbonyl (C=O) groups excluding carboxylic acids is 3. The van der Waals surface area contributed by atoms with Gasteiger partial charge in [-0.15, -0.1) is 0 Å². The maximum Gasteiger partial charge on any atom is 0.258 e. The van der Waals surface area contributed by atoms with Crippen molar-refractivity contribution >= 4 is 45.6 Å². The fraction of sp³-hybridized carbons (Fsp3) is 0.148. The van der Waals surface area contributed by atoms with Gasteiger partial charge >= 0.3 is 0 Å². The Morgan fingerprint density at radius 2 is 1.82 bits per heavy atom. The van der Waals surface area contributed by atoms with Crippen LogP contribution in [0, 0.1) is 5.82 Å². The number of hydrogen-bond donors (Lipinski definition) is 3. The minimum Gasteiger partial charge on any atom is -0.484 e. The fourth-order valence-electron chi connectivity index (χ4n) is 3.55. The first-order chi connectivity index (χ1) is 18.7. The van der Waals surface area contributed by atoms with Crippen molar-refractivity contribution in [2.75, 3.05) is 17.2 Å². The van der Waals surface area contributed by atoms with Gasteiger partial charge in [0.1, 0.15) is 28.3 Å². The SMILES string of the molecule is C[C@H](C(N)=O)N(c1ccc(F)cc1)c1nc(N)c(C(=O)c2ccc(OCC(=O)NCc3cccnc3)cc2)s1. The summed E-state index contributed by atoms with van der Waals surface area (Å²) >= 11 is 0.987. The van der Waals surface area contributed by atoms with E-state index >= 15 is 0 Å². The zero-order chi connectivity index (χ0) is 27.9. The maximum atomic E-state index is 13.5. The van der Waals surface area contributed by atoms with Crippen LogP contribution in [0.2, 0.25) is 0 Å². The lowest BCUT2D eigenvalue weighted by Crippen LogP contribution is -2.39. The zero-order valence-electron chi connectivity index (χ0n) is 20.8. The molecule has 0 aliphatic heterocycles. The molecule has 0 spiro atoms. The quantitative estimate of drug-likeness (QED) is 0.242. The molecule has 4 rings (SSSR count). The average Bonchev–Trinajstić information content (AvgIpc) is 3.33. The Bertz CT molecular complexity index is 1460. The minimum absolute atomic E-state index is 0.0191. The number of anilines is 3. The normalized spacial score (nSPS) is 11.4. The van der Waals surface area contributed by atoms with E-state index in [9.17, 15) is 18.8 Å². The lowest BCUT2D eigenvalue weighted by molar-refractivity contribution is -0.123. The van der Waals surface area contributed by atoms with E-state index in [0.717, 1.165) is 16.9 Å². The van der Waals surface area contributed by atoms with Crippen LogP contribution in [0.5, 0.6) is 5.75 Å². The van der Waals surface area contributed by atoms with E-state index in [4.69, 9.17) is 16.2 Å². The van der Waals surface area contributed by atoms with Crippen molar-refractivity contribution in [1.29, 1.82) is 0 Å². The number of halogens is 1. The Labute approximate surface area is 227 Å². The van der Waals surface area contributed by atoms with E-state index in [-0.39, 0.29) is 34.1 Å². The highest BCUT2D eigenvalue weighted by Gasteiger charge is 2.27. The van der Waals surface area contributed by atoms with E-state index in [1.165, 1.54) is 29.2 Å². The van der Waals surface area contributed by atoms with Crippen molar-refractivity contribution in [3.63, 3.8) is 0 Å². The molecule has 39 heavy (non-hydrogen) atoms. The van der Waals surface area contributed by atoms with Crippen molar-refractivity contribution in [2.24, 2.45) is 5.73 Å². The third kappa shape index (κ3) is 6.73. The predicted molar refractivity (Wildman–Crippen MR) is 145 cm³/mol. The second-order valence-corrected chi connectivity index (χ2v) is 9.39. The highest BCUT2D eigenvalue weighted by molar-refractivity contribution is 7.18. The molecule has 12 heteroatoms. The fourth-order valence-corrected chi connectivity index (χ4v) is 4.60. The van der Waals surface area contributed by atoms with Gasteiger partial charge in [-0.1, -0.05) is 17.4 Å². The zero-order valence-corrected chi connectivity index (χ0v) is 21.7. The second-order valence-electron chi connectivity index (χ2n) is 8.42. The smallest absolute Gasteiger partial charge is 0.258 e. The molecule has 0 radical (unpaired) electrons. The molecule has 2 heterocycles. The Morgan fingerprint density at radius 1 is 1.10 bits per heavy atom. The van der Waals surface area contributed by atoms with Crippen molar-refractivity contribution in [3.8, 4) is 5.75 Å². The van der Waals surface area contributed by atoms with Gasteiger partial charge in [-0.3, -0.25) is 19.4 Å². The molecule has 0 unspecified atom stereocenters. The van der Waals surface area contributed by atoms with Crippen LogP contribution in [0.25, 0.3) is 0 Å². The van der Waals surface area contributed by atoms with Crippen molar-refractivity contribution in [1.82, 2.24) is 15.3 Å². The molecular weight excluding hydrogens is 523 g/mol. The van der Waals surface area contributed by atoms with Crippen molar-refractivity contribution < 1.29 is 23.5 Å². The van der Waals surface area contributed by atoms with Gasteiger partial charge in [0.15, 0.2) is 11.7 Å². The van der Waals surface area contributed by atoms with Crippen LogP contribution in [0.15, 0.2) is 73.1 Å². The second kappa shape index (κ2) is 12.1. The molecule has 2 aromatic heterocycles. The number of pyridine rings is 1. The maximum absolute atomic E-state index is 13.5. The predicted octanol–water partition coefficient (Wildman–Crippen LogP) is 3.20. The van der Waals surface area contributed by atoms with Crippen LogP contribution in [0.1, 0.15) is 27.7 Å². The molecule has 0 bridgehead atoms. The lowest BCUT2D eigenvalue weighted by Gasteiger charge is -2.26. The molecule has 5 N–H and O–H groups in total. The van der Waals surface area contributed by atoms with Crippen LogP contribution in [0.4, 0.5) is 21.0 Å². The van der Waals surface area contributed by atoms with Gasteiger partial charge in [-0.25, -0.2) is 9.37 Å². The van der Waals surface area contributed by atoms with Crippen molar-refractivity contribution in [3.05, 3.63) is 94.9 Å². The summed E-state index contributed by atoms with van der Waals surface area (Å²) < 4.78 is 19.0. The van der Waals surface area contributed by atoms with E-state index < -0.39 is 17.8 Å². The van der Waals surface area contributed by atoms with Gasteiger partial charge in [-0.2, -0.15) is 0 Å². The first kappa shape index (κ1) is 27.2. The average molecular weight is 549 g/mol. The lowest BCUT2D eigenvalue weighted by atomic mass is 10.1. The number of nitrogen functional groups attached to an aromatic ring is 1. The molecule has 200 valence electrons. The number of nitrogens with one attached hydrogen (secondary N) is 1. The van der Waals surface area contributed by atoms with Crippen LogP contribution in [-0.2, 0) is 16.1 Å². The van der Waals surface area contributed by atoms with Gasteiger partial charge in [0.2, 0.25) is 11.7 Å². The molecule has 2 amide bonds.